The van der Waals surface area contributed by atoms with E-state index in [2.05, 4.69) is 22.4 Å². The fourth-order valence-corrected chi connectivity index (χ4v) is 1.54. The van der Waals surface area contributed by atoms with Gasteiger partial charge in [0.15, 0.2) is 0 Å². The van der Waals surface area contributed by atoms with E-state index in [-0.39, 0.29) is 12.0 Å². The molecule has 17 heavy (non-hydrogen) atoms. The number of nitrogens with one attached hydrogen (secondary N) is 1. The smallest absolute Gasteiger partial charge is 0.322 e. The Bertz CT molecular complexity index is 351. The molecule has 0 aliphatic heterocycles. The minimum Gasteiger partial charge on any atom is -0.468 e. The zero-order valence-corrected chi connectivity index (χ0v) is 10.6. The lowest BCUT2D eigenvalue weighted by Gasteiger charge is -2.15. The van der Waals surface area contributed by atoms with Crippen LogP contribution in [0.3, 0.4) is 0 Å². The van der Waals surface area contributed by atoms with E-state index in [1.54, 1.807) is 6.33 Å². The van der Waals surface area contributed by atoms with Gasteiger partial charge in [0.25, 0.3) is 0 Å². The predicted octanol–water partition coefficient (Wildman–Crippen LogP) is 0.636. The molecule has 1 atom stereocenters. The second-order valence-electron chi connectivity index (χ2n) is 3.96. The number of aryl methyl sites for hydroxylation is 1. The molecule has 1 rings (SSSR count). The lowest BCUT2D eigenvalue weighted by molar-refractivity contribution is -0.143. The highest BCUT2D eigenvalue weighted by Crippen LogP contribution is 2.03. The maximum Gasteiger partial charge on any atom is 0.322 e. The zero-order chi connectivity index (χ0) is 12.7. The average molecular weight is 240 g/mol. The zero-order valence-electron chi connectivity index (χ0n) is 10.6. The van der Waals surface area contributed by atoms with Crippen molar-refractivity contribution in [2.45, 2.75) is 38.8 Å². The lowest BCUT2D eigenvalue weighted by Crippen LogP contribution is -2.37. The summed E-state index contributed by atoms with van der Waals surface area (Å²) in [6, 6.07) is -0.267. The van der Waals surface area contributed by atoms with Crippen LogP contribution < -0.4 is 5.32 Å². The summed E-state index contributed by atoms with van der Waals surface area (Å²) in [6.07, 6.45) is 4.46. The Morgan fingerprint density at radius 2 is 2.41 bits per heavy atom. The minimum absolute atomic E-state index is 0.222. The van der Waals surface area contributed by atoms with Gasteiger partial charge in [-0.05, 0) is 6.42 Å². The van der Waals surface area contributed by atoms with E-state index in [1.807, 2.05) is 11.6 Å². The van der Waals surface area contributed by atoms with E-state index < -0.39 is 0 Å². The molecule has 1 unspecified atom stereocenters. The lowest BCUT2D eigenvalue weighted by atomic mass is 10.1. The summed E-state index contributed by atoms with van der Waals surface area (Å²) in [7, 11) is 3.28. The van der Waals surface area contributed by atoms with Gasteiger partial charge in [-0.3, -0.25) is 10.1 Å². The highest BCUT2D eigenvalue weighted by atomic mass is 16.5. The van der Waals surface area contributed by atoms with Crippen LogP contribution in [0.2, 0.25) is 0 Å². The molecule has 0 aliphatic carbocycles. The number of carbonyl (C=O) groups excluding carboxylic acids is 1. The number of ether oxygens (including phenoxy) is 1. The highest BCUT2D eigenvalue weighted by Gasteiger charge is 2.18. The molecule has 0 saturated carbocycles. The molecule has 0 amide bonds. The van der Waals surface area contributed by atoms with Gasteiger partial charge in [0, 0.05) is 7.05 Å². The fraction of sp³-hybridized carbons (Fsp3) is 0.727. The van der Waals surface area contributed by atoms with Crippen molar-refractivity contribution < 1.29 is 9.53 Å². The van der Waals surface area contributed by atoms with Crippen molar-refractivity contribution >= 4 is 5.97 Å². The van der Waals surface area contributed by atoms with Gasteiger partial charge in [0.2, 0.25) is 0 Å². The summed E-state index contributed by atoms with van der Waals surface area (Å²) >= 11 is 0. The van der Waals surface area contributed by atoms with Gasteiger partial charge in [-0.1, -0.05) is 19.8 Å². The Balaban J connectivity index is 2.48. The van der Waals surface area contributed by atoms with Crippen molar-refractivity contribution in [1.29, 1.82) is 0 Å². The summed E-state index contributed by atoms with van der Waals surface area (Å²) in [4.78, 5) is 11.5. The van der Waals surface area contributed by atoms with Crippen LogP contribution in [0.4, 0.5) is 0 Å². The van der Waals surface area contributed by atoms with Crippen LogP contribution >= 0.6 is 0 Å². The van der Waals surface area contributed by atoms with Gasteiger partial charge in [0.1, 0.15) is 18.2 Å². The Hall–Kier alpha value is -1.43. The van der Waals surface area contributed by atoms with Crippen molar-refractivity contribution in [3.05, 3.63) is 12.2 Å². The minimum atomic E-state index is -0.267. The molecule has 0 aromatic carbocycles. The summed E-state index contributed by atoms with van der Waals surface area (Å²) in [5, 5.41) is 10.9. The van der Waals surface area contributed by atoms with Crippen molar-refractivity contribution in [2.75, 3.05) is 7.11 Å². The van der Waals surface area contributed by atoms with Crippen LogP contribution in [0.15, 0.2) is 6.33 Å². The van der Waals surface area contributed by atoms with Gasteiger partial charge in [-0.2, -0.15) is 0 Å². The van der Waals surface area contributed by atoms with Gasteiger partial charge < -0.3 is 9.30 Å². The third-order valence-corrected chi connectivity index (χ3v) is 2.64. The van der Waals surface area contributed by atoms with Crippen LogP contribution in [-0.4, -0.2) is 33.9 Å². The maximum absolute atomic E-state index is 11.5. The molecule has 0 bridgehead atoms. The van der Waals surface area contributed by atoms with E-state index >= 15 is 0 Å². The number of carbonyl (C=O) groups is 1. The first kappa shape index (κ1) is 13.6. The summed E-state index contributed by atoms with van der Waals surface area (Å²) < 4.78 is 6.59. The van der Waals surface area contributed by atoms with E-state index in [0.29, 0.717) is 6.54 Å². The largest absolute Gasteiger partial charge is 0.468 e. The van der Waals surface area contributed by atoms with Gasteiger partial charge in [0.05, 0.1) is 13.7 Å². The molecule has 0 fully saturated rings. The maximum atomic E-state index is 11.5. The van der Waals surface area contributed by atoms with Gasteiger partial charge in [-0.25, -0.2) is 0 Å². The first-order valence-corrected chi connectivity index (χ1v) is 5.83. The number of esters is 1. The number of hydrogen-bond donors (Lipinski definition) is 1. The number of methoxy groups -OCH3 is 1. The van der Waals surface area contributed by atoms with Crippen LogP contribution in [0.5, 0.6) is 0 Å². The molecule has 6 heteroatoms. The second kappa shape index (κ2) is 7.01. The van der Waals surface area contributed by atoms with E-state index in [1.165, 1.54) is 7.11 Å². The van der Waals surface area contributed by atoms with Crippen molar-refractivity contribution in [1.82, 2.24) is 20.1 Å². The Kier molecular flexibility index (Phi) is 5.62. The third kappa shape index (κ3) is 4.14. The molecule has 1 aromatic heterocycles. The molecule has 6 nitrogen and oxygen atoms in total. The fourth-order valence-electron chi connectivity index (χ4n) is 1.54. The molecular formula is C11H20N4O2. The van der Waals surface area contributed by atoms with Gasteiger partial charge >= 0.3 is 5.97 Å². The SMILES string of the molecule is CCCCC(NCc1nncn1C)C(=O)OC. The van der Waals surface area contributed by atoms with Crippen LogP contribution in [0, 0.1) is 0 Å². The van der Waals surface area contributed by atoms with E-state index in [4.69, 9.17) is 4.74 Å². The van der Waals surface area contributed by atoms with Crippen LogP contribution in [0.25, 0.3) is 0 Å². The normalized spacial score (nSPS) is 12.4. The third-order valence-electron chi connectivity index (χ3n) is 2.64. The average Bonchev–Trinajstić information content (AvgIpc) is 2.74. The number of nitrogens with zero attached hydrogens (tertiary/aromatic N) is 3. The quantitative estimate of drug-likeness (QED) is 0.708. The van der Waals surface area contributed by atoms with Crippen molar-refractivity contribution in [3.63, 3.8) is 0 Å². The molecule has 96 valence electrons. The molecule has 0 radical (unpaired) electrons. The summed E-state index contributed by atoms with van der Waals surface area (Å²) in [6.45, 7) is 2.61. The highest BCUT2D eigenvalue weighted by molar-refractivity contribution is 5.75. The molecular weight excluding hydrogens is 220 g/mol. The number of unbranched alkanes of at least 4 members (excludes halogenated alkanes) is 1. The molecule has 0 aliphatic rings. The van der Waals surface area contributed by atoms with E-state index in [0.717, 1.165) is 25.1 Å². The number of hydrogen-bond acceptors (Lipinski definition) is 5. The summed E-state index contributed by atoms with van der Waals surface area (Å²) in [5.74, 6) is 0.580. The first-order chi connectivity index (χ1) is 8.19. The molecule has 0 saturated heterocycles. The molecule has 1 aromatic rings. The summed E-state index contributed by atoms with van der Waals surface area (Å²) in [5.41, 5.74) is 0. The van der Waals surface area contributed by atoms with Crippen LogP contribution in [0.1, 0.15) is 32.0 Å². The number of aromatic nitrogens is 3. The second-order valence-corrected chi connectivity index (χ2v) is 3.96. The topological polar surface area (TPSA) is 69.0 Å². The van der Waals surface area contributed by atoms with Crippen LogP contribution in [-0.2, 0) is 23.1 Å². The van der Waals surface area contributed by atoms with Gasteiger partial charge in [-0.15, -0.1) is 10.2 Å². The molecule has 1 N–H and O–H groups in total. The van der Waals surface area contributed by atoms with Crippen molar-refractivity contribution in [2.24, 2.45) is 7.05 Å². The Labute approximate surface area is 101 Å². The molecule has 0 spiro atoms. The van der Waals surface area contributed by atoms with Crippen molar-refractivity contribution in [3.8, 4) is 0 Å². The van der Waals surface area contributed by atoms with E-state index in [9.17, 15) is 4.79 Å². The Morgan fingerprint density at radius 3 is 2.94 bits per heavy atom. The predicted molar refractivity (Wildman–Crippen MR) is 63.2 cm³/mol. The number of rotatable bonds is 7. The Morgan fingerprint density at radius 1 is 1.65 bits per heavy atom. The standard InChI is InChI=1S/C11H20N4O2/c1-4-5-6-9(11(16)17-3)12-7-10-14-13-8-15(10)2/h8-9,12H,4-7H2,1-3H3. The molecule has 1 heterocycles. The monoisotopic (exact) mass is 240 g/mol. The first-order valence-electron chi connectivity index (χ1n) is 5.83.